The molecule has 0 aliphatic carbocycles. The zero-order valence-electron chi connectivity index (χ0n) is 45.8. The Morgan fingerprint density at radius 2 is 0.711 bits per heavy atom. The van der Waals surface area contributed by atoms with E-state index in [-0.39, 0.29) is 60.3 Å². The Balaban J connectivity index is 0. The minimum Gasteiger partial charge on any atom is -0.707 e. The maximum atomic E-state index is 12.4. The first-order valence-corrected chi connectivity index (χ1v) is 29.0. The zero-order valence-corrected chi connectivity index (χ0v) is 49.7. The molecule has 0 bridgehead atoms. The van der Waals surface area contributed by atoms with Gasteiger partial charge in [0.2, 0.25) is 0 Å². The number of halogens is 8. The first-order valence-electron chi connectivity index (χ1n) is 23.6. The lowest BCUT2D eigenvalue weighted by Gasteiger charge is -2.26. The highest BCUT2D eigenvalue weighted by molar-refractivity contribution is 7.97. The van der Waals surface area contributed by atoms with Gasteiger partial charge in [-0.3, -0.25) is 0 Å². The third-order valence-corrected chi connectivity index (χ3v) is 14.0. The Morgan fingerprint density at radius 3 is 0.867 bits per heavy atom. The third-order valence-electron chi connectivity index (χ3n) is 9.14. The predicted molar refractivity (Wildman–Crippen MR) is 301 cm³/mol. The van der Waals surface area contributed by atoms with Gasteiger partial charge in [0.15, 0.2) is 40.6 Å². The maximum absolute atomic E-state index is 12.4. The average Bonchev–Trinajstić information content (AvgIpc) is 3.62. The minimum atomic E-state index is -5.19. The summed E-state index contributed by atoms with van der Waals surface area (Å²) in [7, 11) is 4.08. The molecule has 0 amide bonds. The van der Waals surface area contributed by atoms with Crippen molar-refractivity contribution in [1.29, 1.82) is 0 Å². The van der Waals surface area contributed by atoms with Crippen molar-refractivity contribution in [3.63, 3.8) is 0 Å². The molecule has 458 valence electrons. The van der Waals surface area contributed by atoms with Gasteiger partial charge in [-0.2, -0.15) is 26.3 Å². The van der Waals surface area contributed by atoms with Gasteiger partial charge in [-0.25, -0.2) is 18.0 Å². The molecule has 6 aromatic rings. The van der Waals surface area contributed by atoms with E-state index in [1.165, 1.54) is 19.6 Å². The number of rotatable bonds is 13. The number of carbonyl (C=O) groups is 4. The Hall–Kier alpha value is -6.19. The lowest BCUT2D eigenvalue weighted by Crippen LogP contribution is -2.56. The molecule has 2 atom stereocenters. The number of aliphatic carboxylic acids is 2. The van der Waals surface area contributed by atoms with Crippen molar-refractivity contribution >= 4 is 79.0 Å². The molecular formula is C57H67Cl2F6NO14S3. The molecule has 0 saturated carbocycles. The summed E-state index contributed by atoms with van der Waals surface area (Å²) in [5.74, 6) is -5.64. The van der Waals surface area contributed by atoms with Gasteiger partial charge in [0, 0.05) is 0 Å². The van der Waals surface area contributed by atoms with Gasteiger partial charge in [0.25, 0.3) is 10.1 Å². The summed E-state index contributed by atoms with van der Waals surface area (Å²) in [6.07, 6.45) is -9.70. The van der Waals surface area contributed by atoms with Crippen LogP contribution in [0.1, 0.15) is 55.8 Å². The standard InChI is InChI=1S/2C21H19O2S.2C4H5F3O3.C4H12N.CH2Cl2.CH4O4S.CH4/c2*1-2-23-21(22)19-15-9-10-16-20(19)24(17-11-5-3-6-12-17)18-13-7-4-8-14-18;2*1-3(10,2(8)9)4(5,6)7;1-5(2,3)4;2-1-3;1-6(3,4)5-2;/h2*3-16H,2H2,1H3;2*10H,1H3,(H,8,9);1-4H3;1H2;2H,1H3;1H4/q2*+1;;;+1;;;/p-3. The molecule has 0 heterocycles. The summed E-state index contributed by atoms with van der Waals surface area (Å²) in [4.78, 5) is 50.7. The summed E-state index contributed by atoms with van der Waals surface area (Å²) in [6, 6.07) is 56.6. The van der Waals surface area contributed by atoms with Crippen molar-refractivity contribution < 1.29 is 97.9 Å². The van der Waals surface area contributed by atoms with Crippen LogP contribution in [0.2, 0.25) is 0 Å². The normalized spacial score (nSPS) is 12.3. The molecule has 0 spiro atoms. The smallest absolute Gasteiger partial charge is 0.422 e. The van der Waals surface area contributed by atoms with Crippen molar-refractivity contribution in [2.24, 2.45) is 0 Å². The third kappa shape index (κ3) is 29.3. The van der Waals surface area contributed by atoms with Crippen LogP contribution in [0.25, 0.3) is 0 Å². The summed E-state index contributed by atoms with van der Waals surface area (Å²) in [5.41, 5.74) is -6.24. The fourth-order valence-electron chi connectivity index (χ4n) is 5.28. The van der Waals surface area contributed by atoms with E-state index in [0.29, 0.717) is 30.6 Å². The van der Waals surface area contributed by atoms with Crippen LogP contribution in [0.3, 0.4) is 0 Å². The van der Waals surface area contributed by atoms with Gasteiger partial charge in [-0.1, -0.05) is 104 Å². The number of hydrogen-bond acceptors (Lipinski definition) is 14. The molecule has 83 heavy (non-hydrogen) atoms. The molecule has 0 radical (unpaired) electrons. The summed E-state index contributed by atoms with van der Waals surface area (Å²) in [6.45, 7) is 4.63. The highest BCUT2D eigenvalue weighted by atomic mass is 35.5. The van der Waals surface area contributed by atoms with E-state index in [0.717, 1.165) is 14.3 Å². The van der Waals surface area contributed by atoms with Gasteiger partial charge in [-0.15, -0.1) is 23.2 Å². The second-order valence-electron chi connectivity index (χ2n) is 17.6. The maximum Gasteiger partial charge on any atom is 0.422 e. The molecular weight excluding hydrogens is 1200 g/mol. The number of hydrogen-bond donors (Lipinski definition) is 2. The molecule has 2 N–H and O–H groups in total. The zero-order chi connectivity index (χ0) is 63.1. The molecule has 0 saturated heterocycles. The molecule has 0 fully saturated rings. The van der Waals surface area contributed by atoms with E-state index >= 15 is 0 Å². The lowest BCUT2D eigenvalue weighted by molar-refractivity contribution is -0.849. The second kappa shape index (κ2) is 37.9. The number of esters is 2. The van der Waals surface area contributed by atoms with Crippen molar-refractivity contribution in [2.45, 2.75) is 88.0 Å². The van der Waals surface area contributed by atoms with Gasteiger partial charge < -0.3 is 53.6 Å². The van der Waals surface area contributed by atoms with Crippen LogP contribution in [-0.4, -0.2) is 124 Å². The Bertz CT molecular complexity index is 2680. The number of quaternary nitrogens is 1. The van der Waals surface area contributed by atoms with E-state index in [1.54, 1.807) is 0 Å². The van der Waals surface area contributed by atoms with Crippen molar-refractivity contribution in [2.75, 3.05) is 53.0 Å². The monoisotopic (exact) mass is 1270 g/mol. The molecule has 0 aliphatic rings. The first-order chi connectivity index (χ1) is 38.0. The molecule has 26 heteroatoms. The number of carbonyl (C=O) groups excluding carboxylic acids is 4. The predicted octanol–water partition coefficient (Wildman–Crippen LogP) is 8.63. The number of carboxylic acids is 2. The number of alkyl halides is 8. The highest BCUT2D eigenvalue weighted by Gasteiger charge is 2.52. The molecule has 0 aliphatic heterocycles. The Morgan fingerprint density at radius 1 is 0.518 bits per heavy atom. The van der Waals surface area contributed by atoms with Crippen LogP contribution in [0, 0.1) is 0 Å². The van der Waals surface area contributed by atoms with Gasteiger partial charge in [0.05, 0.1) is 64.9 Å². The van der Waals surface area contributed by atoms with Crippen LogP contribution in [-0.2, 0) is 55.3 Å². The molecule has 6 rings (SSSR count). The summed E-state index contributed by atoms with van der Waals surface area (Å²) in [5, 5.41) is 44.5. The number of aliphatic hydroxyl groups is 2. The van der Waals surface area contributed by atoms with Crippen LogP contribution >= 0.6 is 23.2 Å². The largest absolute Gasteiger partial charge is 0.707 e. The van der Waals surface area contributed by atoms with E-state index in [1.807, 2.05) is 135 Å². The average molecular weight is 1270 g/mol. The minimum absolute atomic E-state index is 0. The fraction of sp³-hybridized carbons (Fsp3) is 0.298. The van der Waals surface area contributed by atoms with Crippen molar-refractivity contribution in [1.82, 2.24) is 0 Å². The SMILES string of the molecule is C.CC(O)(C(=O)[O-])C(F)(F)F.CC(O)(C(=O)[O-])C(F)(F)F.CCOC(=O)c1ccccc1[S+](c1ccccc1)c1ccccc1.CCOC(=O)c1ccccc1[S+](c1ccccc1)c1ccccc1.CS(=O)(=O)O[O-].C[N+](C)(C)C.ClCCl. The van der Waals surface area contributed by atoms with Crippen LogP contribution in [0.4, 0.5) is 26.3 Å². The second-order valence-corrected chi connectivity index (χ2v) is 23.9. The van der Waals surface area contributed by atoms with E-state index in [9.17, 15) is 64.2 Å². The fourth-order valence-corrected chi connectivity index (χ4v) is 9.73. The van der Waals surface area contributed by atoms with Gasteiger partial charge in [-0.05, 0) is 100 Å². The van der Waals surface area contributed by atoms with Gasteiger partial charge in [0.1, 0.15) is 32.9 Å². The lowest BCUT2D eigenvalue weighted by atomic mass is 10.1. The molecule has 2 unspecified atom stereocenters. The number of carboxylic acid groups (broad SMARTS) is 2. The quantitative estimate of drug-likeness (QED) is 0.0209. The Kier molecular flexibility index (Phi) is 36.0. The molecule has 6 aromatic carbocycles. The number of ether oxygens (including phenoxy) is 2. The topological polar surface area (TPSA) is 240 Å². The first kappa shape index (κ1) is 78.9. The summed E-state index contributed by atoms with van der Waals surface area (Å²) < 4.78 is 102. The van der Waals surface area contributed by atoms with Crippen molar-refractivity contribution in [3.05, 3.63) is 181 Å². The van der Waals surface area contributed by atoms with Crippen LogP contribution in [0.5, 0.6) is 0 Å². The van der Waals surface area contributed by atoms with E-state index in [2.05, 4.69) is 81.1 Å². The highest BCUT2D eigenvalue weighted by Crippen LogP contribution is 2.35. The molecule has 0 aromatic heterocycles. The van der Waals surface area contributed by atoms with Crippen molar-refractivity contribution in [3.8, 4) is 0 Å². The Labute approximate surface area is 496 Å². The van der Waals surface area contributed by atoms with E-state index in [4.69, 9.17) is 48.1 Å². The number of nitrogens with zero attached hydrogens (tertiary/aromatic N) is 1. The van der Waals surface area contributed by atoms with Gasteiger partial charge >= 0.3 is 24.3 Å². The van der Waals surface area contributed by atoms with E-state index < -0.39 is 45.6 Å². The van der Waals surface area contributed by atoms with Crippen LogP contribution < -0.4 is 15.5 Å². The summed E-state index contributed by atoms with van der Waals surface area (Å²) >= 11 is 9.53. The number of benzene rings is 6. The molecule has 15 nitrogen and oxygen atoms in total. The van der Waals surface area contributed by atoms with Crippen LogP contribution in [0.15, 0.2) is 199 Å².